The van der Waals surface area contributed by atoms with Gasteiger partial charge in [-0.15, -0.1) is 11.3 Å². The van der Waals surface area contributed by atoms with Crippen LogP contribution >= 0.6 is 34.9 Å². The summed E-state index contributed by atoms with van der Waals surface area (Å²) in [6.45, 7) is 0. The van der Waals surface area contributed by atoms with Gasteiger partial charge >= 0.3 is 0 Å². The lowest BCUT2D eigenvalue weighted by atomic mass is 10.1. The highest BCUT2D eigenvalue weighted by Crippen LogP contribution is 2.37. The summed E-state index contributed by atoms with van der Waals surface area (Å²) in [5, 5.41) is 1.16. The van der Waals surface area contributed by atoms with Gasteiger partial charge in [-0.25, -0.2) is 4.98 Å². The summed E-state index contributed by atoms with van der Waals surface area (Å²) in [5.41, 5.74) is 2.41. The van der Waals surface area contributed by atoms with E-state index in [0.717, 1.165) is 16.9 Å². The largest absolute Gasteiger partial charge is 0.241 e. The highest BCUT2D eigenvalue weighted by atomic mass is 32.2. The van der Waals surface area contributed by atoms with E-state index in [0.29, 0.717) is 0 Å². The van der Waals surface area contributed by atoms with Gasteiger partial charge < -0.3 is 0 Å². The first-order valence-corrected chi connectivity index (χ1v) is 12.2. The van der Waals surface area contributed by atoms with Crippen LogP contribution < -0.4 is 0 Å². The van der Waals surface area contributed by atoms with Crippen LogP contribution in [0.2, 0.25) is 0 Å². The molecule has 0 N–H and O–H groups in total. The number of aromatic nitrogens is 1. The maximum Gasteiger partial charge on any atom is 0.0982 e. The van der Waals surface area contributed by atoms with E-state index >= 15 is 0 Å². The average Bonchev–Trinajstić information content (AvgIpc) is 3.19. The summed E-state index contributed by atoms with van der Waals surface area (Å²) >= 11 is 5.42. The zero-order valence-corrected chi connectivity index (χ0v) is 18.6. The third-order valence-electron chi connectivity index (χ3n) is 4.67. The molecule has 0 aliphatic carbocycles. The molecule has 4 heteroatoms. The van der Waals surface area contributed by atoms with Crippen molar-refractivity contribution >= 4 is 45.1 Å². The Kier molecular flexibility index (Phi) is 5.89. The summed E-state index contributed by atoms with van der Waals surface area (Å²) in [6, 6.07) is 36.3. The van der Waals surface area contributed by atoms with Gasteiger partial charge in [-0.3, -0.25) is 0 Å². The van der Waals surface area contributed by atoms with Gasteiger partial charge in [0.25, 0.3) is 0 Å². The van der Waals surface area contributed by atoms with Crippen molar-refractivity contribution in [2.45, 2.75) is 26.0 Å². The predicted octanol–water partition coefficient (Wildman–Crippen LogP) is 8.19. The topological polar surface area (TPSA) is 12.9 Å². The normalized spacial score (nSPS) is 11.1. The van der Waals surface area contributed by atoms with Gasteiger partial charge in [-0.2, -0.15) is 0 Å². The Labute approximate surface area is 189 Å². The Morgan fingerprint density at radius 2 is 1.30 bits per heavy atom. The fraction of sp³-hybridized carbons (Fsp3) is 0.0385. The molecule has 0 unspecified atom stereocenters. The third kappa shape index (κ3) is 4.62. The summed E-state index contributed by atoms with van der Waals surface area (Å²) in [4.78, 5) is 9.91. The smallest absolute Gasteiger partial charge is 0.0982 e. The first kappa shape index (κ1) is 19.4. The minimum atomic E-state index is 0.852. The van der Waals surface area contributed by atoms with Crippen molar-refractivity contribution in [1.29, 1.82) is 0 Å². The molecule has 0 aliphatic heterocycles. The first-order chi connectivity index (χ1) is 14.8. The maximum absolute atomic E-state index is 4.85. The molecule has 0 aliphatic rings. The van der Waals surface area contributed by atoms with Gasteiger partial charge in [0.05, 0.1) is 15.2 Å². The van der Waals surface area contributed by atoms with E-state index in [-0.39, 0.29) is 0 Å². The Balaban J connectivity index is 1.48. The molecular formula is C26H19NS3. The van der Waals surface area contributed by atoms with Crippen LogP contribution in [0.3, 0.4) is 0 Å². The van der Waals surface area contributed by atoms with E-state index in [1.165, 1.54) is 29.8 Å². The molecule has 5 aromatic rings. The Morgan fingerprint density at radius 1 is 0.633 bits per heavy atom. The fourth-order valence-electron chi connectivity index (χ4n) is 3.24. The lowest BCUT2D eigenvalue weighted by molar-refractivity contribution is 1.09. The highest BCUT2D eigenvalue weighted by molar-refractivity contribution is 8.00. The molecular weight excluding hydrogens is 422 g/mol. The lowest BCUT2D eigenvalue weighted by Gasteiger charge is -2.11. The second-order valence-electron chi connectivity index (χ2n) is 6.85. The second-order valence-corrected chi connectivity index (χ2v) is 10.2. The zero-order chi connectivity index (χ0) is 20.2. The molecule has 4 aromatic carbocycles. The predicted molar refractivity (Wildman–Crippen MR) is 130 cm³/mol. The first-order valence-electron chi connectivity index (χ1n) is 9.77. The molecule has 1 heterocycles. The van der Waals surface area contributed by atoms with Gasteiger partial charge in [0.1, 0.15) is 0 Å². The van der Waals surface area contributed by atoms with E-state index in [2.05, 4.69) is 103 Å². The van der Waals surface area contributed by atoms with Crippen LogP contribution in [0.15, 0.2) is 123 Å². The Hall–Kier alpha value is -2.53. The third-order valence-corrected chi connectivity index (χ3v) is 7.81. The van der Waals surface area contributed by atoms with Crippen molar-refractivity contribution in [3.63, 3.8) is 0 Å². The lowest BCUT2D eigenvalue weighted by Crippen LogP contribution is -1.91. The van der Waals surface area contributed by atoms with Crippen molar-refractivity contribution in [3.05, 3.63) is 114 Å². The summed E-state index contributed by atoms with van der Waals surface area (Å²) in [5.74, 6) is 0. The van der Waals surface area contributed by atoms with Gasteiger partial charge in [0, 0.05) is 26.0 Å². The van der Waals surface area contributed by atoms with Gasteiger partial charge in [-0.1, -0.05) is 78.1 Å². The van der Waals surface area contributed by atoms with Crippen LogP contribution in [0.25, 0.3) is 10.2 Å². The van der Waals surface area contributed by atoms with Gasteiger partial charge in [0.2, 0.25) is 0 Å². The van der Waals surface area contributed by atoms with Crippen molar-refractivity contribution in [1.82, 2.24) is 4.98 Å². The molecule has 1 aromatic heterocycles. The van der Waals surface area contributed by atoms with E-state index in [9.17, 15) is 0 Å². The SMILES string of the molecule is c1ccc(Sc2ccc(Cc3nc4ccccc4s3)c(Sc3ccccc3)c2)cc1. The molecule has 0 atom stereocenters. The van der Waals surface area contributed by atoms with Crippen LogP contribution in [0.5, 0.6) is 0 Å². The standard InChI is InChI=1S/C26H19NS3/c1-3-9-20(10-4-1)28-22-16-15-19(25(18-22)29-21-11-5-2-6-12-21)17-26-27-23-13-7-8-14-24(23)30-26/h1-16,18H,17H2. The number of hydrogen-bond acceptors (Lipinski definition) is 4. The van der Waals surface area contributed by atoms with Crippen LogP contribution in [-0.4, -0.2) is 4.98 Å². The molecule has 0 radical (unpaired) electrons. The summed E-state index contributed by atoms with van der Waals surface area (Å²) in [6.07, 6.45) is 0.852. The average molecular weight is 442 g/mol. The van der Waals surface area contributed by atoms with Crippen molar-refractivity contribution < 1.29 is 0 Å². The second kappa shape index (κ2) is 9.09. The number of hydrogen-bond donors (Lipinski definition) is 0. The molecule has 0 spiro atoms. The van der Waals surface area contributed by atoms with Gasteiger partial charge in [0.15, 0.2) is 0 Å². The van der Waals surface area contributed by atoms with E-state index in [1.807, 2.05) is 11.8 Å². The Morgan fingerprint density at radius 3 is 2.03 bits per heavy atom. The monoisotopic (exact) mass is 441 g/mol. The molecule has 0 saturated heterocycles. The van der Waals surface area contributed by atoms with Crippen LogP contribution in [0, 0.1) is 0 Å². The maximum atomic E-state index is 4.85. The molecule has 1 nitrogen and oxygen atoms in total. The molecule has 0 fully saturated rings. The summed E-state index contributed by atoms with van der Waals surface area (Å²) < 4.78 is 1.25. The van der Waals surface area contributed by atoms with Crippen molar-refractivity contribution in [2.24, 2.45) is 0 Å². The minimum Gasteiger partial charge on any atom is -0.241 e. The molecule has 0 amide bonds. The number of fused-ring (bicyclic) bond motifs is 1. The Bertz CT molecular complexity index is 1230. The van der Waals surface area contributed by atoms with Crippen molar-refractivity contribution in [2.75, 3.05) is 0 Å². The van der Waals surface area contributed by atoms with Crippen molar-refractivity contribution in [3.8, 4) is 0 Å². The van der Waals surface area contributed by atoms with Gasteiger partial charge in [-0.05, 0) is 54.1 Å². The minimum absolute atomic E-state index is 0.852. The number of rotatable bonds is 6. The van der Waals surface area contributed by atoms with E-state index in [1.54, 1.807) is 23.1 Å². The van der Waals surface area contributed by atoms with Crippen LogP contribution in [0.1, 0.15) is 10.6 Å². The number of para-hydroxylation sites is 1. The number of thiazole rings is 1. The molecule has 0 bridgehead atoms. The molecule has 0 saturated carbocycles. The highest BCUT2D eigenvalue weighted by Gasteiger charge is 2.11. The van der Waals surface area contributed by atoms with E-state index in [4.69, 9.17) is 4.98 Å². The van der Waals surface area contributed by atoms with Crippen LogP contribution in [0.4, 0.5) is 0 Å². The molecule has 30 heavy (non-hydrogen) atoms. The molecule has 5 rings (SSSR count). The quantitative estimate of drug-likeness (QED) is 0.264. The zero-order valence-electron chi connectivity index (χ0n) is 16.2. The number of benzene rings is 4. The molecule has 146 valence electrons. The number of nitrogens with zero attached hydrogens (tertiary/aromatic N) is 1. The fourth-order valence-corrected chi connectivity index (χ4v) is 6.19. The summed E-state index contributed by atoms with van der Waals surface area (Å²) in [7, 11) is 0. The van der Waals surface area contributed by atoms with E-state index < -0.39 is 0 Å². The van der Waals surface area contributed by atoms with Crippen LogP contribution in [-0.2, 0) is 6.42 Å².